The fourth-order valence-corrected chi connectivity index (χ4v) is 1.53. The summed E-state index contributed by atoms with van der Waals surface area (Å²) in [7, 11) is -2.79. The highest BCUT2D eigenvalue weighted by molar-refractivity contribution is 7.90. The average Bonchev–Trinajstić information content (AvgIpc) is 2.01. The van der Waals surface area contributed by atoms with E-state index in [1.54, 1.807) is 0 Å². The van der Waals surface area contributed by atoms with Crippen molar-refractivity contribution < 1.29 is 8.42 Å². The Morgan fingerprint density at radius 2 is 2.00 bits per heavy atom. The van der Waals surface area contributed by atoms with Crippen molar-refractivity contribution in [2.24, 2.45) is 0 Å². The van der Waals surface area contributed by atoms with Crippen LogP contribution < -0.4 is 5.32 Å². The van der Waals surface area contributed by atoms with Crippen molar-refractivity contribution in [3.63, 3.8) is 0 Å². The summed E-state index contributed by atoms with van der Waals surface area (Å²) in [6, 6.07) is 0. The second-order valence-corrected chi connectivity index (χ2v) is 5.17. The third-order valence-corrected chi connectivity index (χ3v) is 2.50. The SMILES string of the molecule is CC#CCCNCCCS(C)(=O)=O. The van der Waals surface area contributed by atoms with Crippen molar-refractivity contribution in [3.05, 3.63) is 0 Å². The smallest absolute Gasteiger partial charge is 0.147 e. The van der Waals surface area contributed by atoms with E-state index in [-0.39, 0.29) is 5.75 Å². The minimum absolute atomic E-state index is 0.263. The van der Waals surface area contributed by atoms with Gasteiger partial charge >= 0.3 is 0 Å². The average molecular weight is 203 g/mol. The molecular weight excluding hydrogens is 186 g/mol. The van der Waals surface area contributed by atoms with Crippen LogP contribution in [0.5, 0.6) is 0 Å². The van der Waals surface area contributed by atoms with E-state index in [0.717, 1.165) is 19.5 Å². The zero-order valence-corrected chi connectivity index (χ0v) is 9.08. The first kappa shape index (κ1) is 12.5. The predicted octanol–water partition coefficient (Wildman–Crippen LogP) is 0.424. The van der Waals surface area contributed by atoms with Crippen LogP contribution in [-0.4, -0.2) is 33.5 Å². The van der Waals surface area contributed by atoms with E-state index in [4.69, 9.17) is 0 Å². The van der Waals surface area contributed by atoms with Crippen LogP contribution in [0.3, 0.4) is 0 Å². The highest BCUT2D eigenvalue weighted by atomic mass is 32.2. The van der Waals surface area contributed by atoms with E-state index in [1.165, 1.54) is 6.26 Å². The molecule has 0 aliphatic heterocycles. The van der Waals surface area contributed by atoms with Crippen LogP contribution in [0.4, 0.5) is 0 Å². The molecule has 4 heteroatoms. The van der Waals surface area contributed by atoms with Gasteiger partial charge in [0, 0.05) is 19.2 Å². The van der Waals surface area contributed by atoms with E-state index in [2.05, 4.69) is 17.2 Å². The molecule has 0 bridgehead atoms. The van der Waals surface area contributed by atoms with Crippen molar-refractivity contribution >= 4 is 9.84 Å². The Labute approximate surface area is 80.8 Å². The van der Waals surface area contributed by atoms with Gasteiger partial charge in [-0.2, -0.15) is 0 Å². The topological polar surface area (TPSA) is 46.2 Å². The van der Waals surface area contributed by atoms with Gasteiger partial charge in [-0.3, -0.25) is 0 Å². The Morgan fingerprint density at radius 3 is 2.54 bits per heavy atom. The Morgan fingerprint density at radius 1 is 1.31 bits per heavy atom. The number of nitrogens with one attached hydrogen (secondary N) is 1. The van der Waals surface area contributed by atoms with Crippen molar-refractivity contribution in [3.8, 4) is 11.8 Å². The van der Waals surface area contributed by atoms with Crippen LogP contribution in [0, 0.1) is 11.8 Å². The third-order valence-electron chi connectivity index (χ3n) is 1.47. The van der Waals surface area contributed by atoms with Crippen LogP contribution in [0.25, 0.3) is 0 Å². The molecule has 0 spiro atoms. The van der Waals surface area contributed by atoms with Crippen LogP contribution >= 0.6 is 0 Å². The third kappa shape index (κ3) is 11.5. The molecule has 0 heterocycles. The van der Waals surface area contributed by atoms with E-state index in [1.807, 2.05) is 6.92 Å². The fourth-order valence-electron chi connectivity index (χ4n) is 0.860. The molecule has 0 radical (unpaired) electrons. The molecule has 3 nitrogen and oxygen atoms in total. The standard InChI is InChI=1S/C9H17NO2S/c1-3-4-5-7-10-8-6-9-13(2,11)12/h10H,5-9H2,1-2H3. The number of hydrogen-bond donors (Lipinski definition) is 1. The van der Waals surface area contributed by atoms with Gasteiger partial charge in [-0.25, -0.2) is 8.42 Å². The van der Waals surface area contributed by atoms with Gasteiger partial charge in [0.05, 0.1) is 5.75 Å². The monoisotopic (exact) mass is 203 g/mol. The highest BCUT2D eigenvalue weighted by Crippen LogP contribution is 1.86. The lowest BCUT2D eigenvalue weighted by atomic mass is 10.4. The van der Waals surface area contributed by atoms with Gasteiger partial charge in [0.25, 0.3) is 0 Å². The van der Waals surface area contributed by atoms with Crippen molar-refractivity contribution in [1.29, 1.82) is 0 Å². The summed E-state index contributed by atoms with van der Waals surface area (Å²) >= 11 is 0. The maximum atomic E-state index is 10.7. The van der Waals surface area contributed by atoms with Gasteiger partial charge in [-0.1, -0.05) is 0 Å². The summed E-state index contributed by atoms with van der Waals surface area (Å²) in [6.45, 7) is 3.40. The molecule has 0 unspecified atom stereocenters. The van der Waals surface area contributed by atoms with Crippen molar-refractivity contribution in [2.45, 2.75) is 19.8 Å². The number of rotatable bonds is 6. The van der Waals surface area contributed by atoms with E-state index >= 15 is 0 Å². The molecule has 0 aliphatic carbocycles. The molecular formula is C9H17NO2S. The van der Waals surface area contributed by atoms with Crippen molar-refractivity contribution in [2.75, 3.05) is 25.1 Å². The fraction of sp³-hybridized carbons (Fsp3) is 0.778. The molecule has 0 aromatic carbocycles. The molecule has 0 atom stereocenters. The van der Waals surface area contributed by atoms with Gasteiger partial charge in [0.1, 0.15) is 9.84 Å². The Kier molecular flexibility index (Phi) is 6.65. The van der Waals surface area contributed by atoms with Crippen molar-refractivity contribution in [1.82, 2.24) is 5.32 Å². The zero-order valence-electron chi connectivity index (χ0n) is 8.26. The van der Waals surface area contributed by atoms with Crippen LogP contribution in [-0.2, 0) is 9.84 Å². The van der Waals surface area contributed by atoms with Gasteiger partial charge in [0.15, 0.2) is 0 Å². The first-order valence-electron chi connectivity index (χ1n) is 4.34. The predicted molar refractivity (Wildman–Crippen MR) is 55.3 cm³/mol. The lowest BCUT2D eigenvalue weighted by molar-refractivity contribution is 0.595. The number of hydrogen-bond acceptors (Lipinski definition) is 3. The Bertz CT molecular complexity index is 272. The summed E-state index contributed by atoms with van der Waals surface area (Å²) in [5, 5.41) is 3.13. The molecule has 0 aromatic rings. The maximum absolute atomic E-state index is 10.7. The molecule has 0 saturated heterocycles. The van der Waals surface area contributed by atoms with Gasteiger partial charge < -0.3 is 5.32 Å². The minimum atomic E-state index is -2.79. The molecule has 0 amide bonds. The maximum Gasteiger partial charge on any atom is 0.147 e. The molecule has 0 aliphatic rings. The first-order chi connectivity index (χ1) is 6.06. The van der Waals surface area contributed by atoms with Gasteiger partial charge in [0.2, 0.25) is 0 Å². The minimum Gasteiger partial charge on any atom is -0.316 e. The molecule has 0 fully saturated rings. The summed E-state index contributed by atoms with van der Waals surface area (Å²) in [5.41, 5.74) is 0. The van der Waals surface area contributed by atoms with Gasteiger partial charge in [-0.05, 0) is 19.9 Å². The quantitative estimate of drug-likeness (QED) is 0.503. The van der Waals surface area contributed by atoms with Crippen LogP contribution in [0.2, 0.25) is 0 Å². The van der Waals surface area contributed by atoms with E-state index in [9.17, 15) is 8.42 Å². The zero-order chi connectivity index (χ0) is 10.2. The van der Waals surface area contributed by atoms with Crippen LogP contribution in [0.1, 0.15) is 19.8 Å². The lowest BCUT2D eigenvalue weighted by Gasteiger charge is -2.00. The number of sulfone groups is 1. The normalized spacial score (nSPS) is 10.6. The molecule has 0 saturated carbocycles. The molecule has 0 aromatic heterocycles. The second kappa shape index (κ2) is 6.93. The summed E-state index contributed by atoms with van der Waals surface area (Å²) in [4.78, 5) is 0. The lowest BCUT2D eigenvalue weighted by Crippen LogP contribution is -2.19. The molecule has 76 valence electrons. The Balaban J connectivity index is 3.21. The molecule has 1 N–H and O–H groups in total. The first-order valence-corrected chi connectivity index (χ1v) is 6.40. The molecule has 13 heavy (non-hydrogen) atoms. The Hall–Kier alpha value is -0.530. The molecule has 0 rings (SSSR count). The van der Waals surface area contributed by atoms with E-state index in [0.29, 0.717) is 6.42 Å². The van der Waals surface area contributed by atoms with Gasteiger partial charge in [-0.15, -0.1) is 11.8 Å². The van der Waals surface area contributed by atoms with Crippen LogP contribution in [0.15, 0.2) is 0 Å². The summed E-state index contributed by atoms with van der Waals surface area (Å²) in [5.74, 6) is 5.98. The highest BCUT2D eigenvalue weighted by Gasteiger charge is 1.99. The van der Waals surface area contributed by atoms with E-state index < -0.39 is 9.84 Å². The second-order valence-electron chi connectivity index (χ2n) is 2.91. The largest absolute Gasteiger partial charge is 0.316 e. The summed E-state index contributed by atoms with van der Waals surface area (Å²) in [6.07, 6.45) is 2.77. The summed E-state index contributed by atoms with van der Waals surface area (Å²) < 4.78 is 21.4.